The molecular weight excluding hydrogens is 480 g/mol. The van der Waals surface area contributed by atoms with Crippen molar-refractivity contribution in [3.63, 3.8) is 0 Å². The molecule has 5 heteroatoms. The minimum atomic E-state index is 0.0452. The summed E-state index contributed by atoms with van der Waals surface area (Å²) in [5.41, 5.74) is 3.87. The van der Waals surface area contributed by atoms with Crippen molar-refractivity contribution in [2.45, 2.75) is 25.4 Å². The highest BCUT2D eigenvalue weighted by Crippen LogP contribution is 2.40. The molecule has 0 radical (unpaired) electrons. The second kappa shape index (κ2) is 8.10. The lowest BCUT2D eigenvalue weighted by Crippen LogP contribution is -2.44. The van der Waals surface area contributed by atoms with Crippen LogP contribution in [0, 0.1) is 0 Å². The normalized spacial score (nSPS) is 18.5. The highest BCUT2D eigenvalue weighted by atomic mass is 79.9. The maximum absolute atomic E-state index is 13.2. The van der Waals surface area contributed by atoms with E-state index in [0.717, 1.165) is 32.3 Å². The van der Waals surface area contributed by atoms with Crippen LogP contribution in [-0.2, 0) is 0 Å². The number of hydrogen-bond acceptors (Lipinski definition) is 2. The third-order valence-electron chi connectivity index (χ3n) is 5.09. The molecule has 1 amide bonds. The third-order valence-corrected chi connectivity index (χ3v) is 6.24. The number of benzene rings is 3. The standard InChI is InChI=1S/C23H20Br2N2O/c1-15-13-21(26-20-12-11-17(24)14-19(20)25)18-9-5-6-10-22(18)27(15)23(28)16-7-3-2-4-8-16/h2-12,14-15,21,26H,13H2,1H3/t15-,21+/m1/s1. The summed E-state index contributed by atoms with van der Waals surface area (Å²) < 4.78 is 2.04. The molecule has 3 aromatic carbocycles. The summed E-state index contributed by atoms with van der Waals surface area (Å²) in [6.45, 7) is 2.11. The number of para-hydroxylation sites is 1. The van der Waals surface area contributed by atoms with Gasteiger partial charge in [-0.2, -0.15) is 0 Å². The van der Waals surface area contributed by atoms with Crippen molar-refractivity contribution in [3.8, 4) is 0 Å². The largest absolute Gasteiger partial charge is 0.377 e. The number of anilines is 2. The number of hydrogen-bond donors (Lipinski definition) is 1. The van der Waals surface area contributed by atoms with Crippen molar-refractivity contribution < 1.29 is 4.79 Å². The van der Waals surface area contributed by atoms with Crippen LogP contribution in [0.15, 0.2) is 81.7 Å². The second-order valence-corrected chi connectivity index (χ2v) is 8.78. The summed E-state index contributed by atoms with van der Waals surface area (Å²) in [5.74, 6) is 0.0452. The lowest BCUT2D eigenvalue weighted by Gasteiger charge is -2.40. The van der Waals surface area contributed by atoms with E-state index in [1.807, 2.05) is 65.6 Å². The van der Waals surface area contributed by atoms with Gasteiger partial charge in [0.25, 0.3) is 5.91 Å². The molecule has 1 aliphatic rings. The summed E-state index contributed by atoms with van der Waals surface area (Å²) in [6.07, 6.45) is 0.831. The Kier molecular flexibility index (Phi) is 5.56. The monoisotopic (exact) mass is 498 g/mol. The van der Waals surface area contributed by atoms with Gasteiger partial charge in [0, 0.05) is 31.9 Å². The SMILES string of the molecule is C[C@@H]1C[C@H](Nc2ccc(Br)cc2Br)c2ccccc2N1C(=O)c1ccccc1. The van der Waals surface area contributed by atoms with E-state index in [4.69, 9.17) is 0 Å². The Labute approximate surface area is 182 Å². The lowest BCUT2D eigenvalue weighted by atomic mass is 9.90. The first kappa shape index (κ1) is 19.2. The Balaban J connectivity index is 1.69. The van der Waals surface area contributed by atoms with Crippen molar-refractivity contribution >= 4 is 49.1 Å². The molecule has 0 saturated heterocycles. The van der Waals surface area contributed by atoms with Gasteiger partial charge in [0.1, 0.15) is 0 Å². The Bertz CT molecular complexity index is 1010. The molecule has 0 saturated carbocycles. The molecule has 0 fully saturated rings. The molecule has 0 bridgehead atoms. The number of nitrogens with one attached hydrogen (secondary N) is 1. The van der Waals surface area contributed by atoms with Gasteiger partial charge < -0.3 is 10.2 Å². The summed E-state index contributed by atoms with van der Waals surface area (Å²) in [4.78, 5) is 15.2. The molecule has 28 heavy (non-hydrogen) atoms. The van der Waals surface area contributed by atoms with Crippen molar-refractivity contribution in [3.05, 3.63) is 92.9 Å². The van der Waals surface area contributed by atoms with Crippen LogP contribution < -0.4 is 10.2 Å². The molecular formula is C23H20Br2N2O. The molecule has 1 heterocycles. The molecule has 0 spiro atoms. The zero-order valence-corrected chi connectivity index (χ0v) is 18.6. The molecule has 0 aliphatic carbocycles. The van der Waals surface area contributed by atoms with Gasteiger partial charge >= 0.3 is 0 Å². The van der Waals surface area contributed by atoms with E-state index in [1.165, 1.54) is 0 Å². The summed E-state index contributed by atoms with van der Waals surface area (Å²) in [7, 11) is 0. The quantitative estimate of drug-likeness (QED) is 0.429. The van der Waals surface area contributed by atoms with E-state index in [2.05, 4.69) is 56.2 Å². The first-order chi connectivity index (χ1) is 13.5. The van der Waals surface area contributed by atoms with Crippen LogP contribution in [-0.4, -0.2) is 11.9 Å². The Hall–Kier alpha value is -2.11. The van der Waals surface area contributed by atoms with E-state index in [0.29, 0.717) is 5.56 Å². The number of nitrogens with zero attached hydrogens (tertiary/aromatic N) is 1. The topological polar surface area (TPSA) is 32.3 Å². The number of rotatable bonds is 3. The summed E-state index contributed by atoms with van der Waals surface area (Å²) in [5, 5.41) is 3.66. The zero-order chi connectivity index (χ0) is 19.7. The predicted octanol–water partition coefficient (Wildman–Crippen LogP) is 6.80. The molecule has 3 aromatic rings. The Morgan fingerprint density at radius 3 is 2.46 bits per heavy atom. The summed E-state index contributed by atoms with van der Waals surface area (Å²) in [6, 6.07) is 24.0. The average molecular weight is 500 g/mol. The number of carbonyl (C=O) groups excluding carboxylic acids is 1. The molecule has 0 unspecified atom stereocenters. The minimum absolute atomic E-state index is 0.0452. The lowest BCUT2D eigenvalue weighted by molar-refractivity contribution is 0.0974. The van der Waals surface area contributed by atoms with E-state index >= 15 is 0 Å². The van der Waals surface area contributed by atoms with Crippen LogP contribution in [0.3, 0.4) is 0 Å². The van der Waals surface area contributed by atoms with Crippen molar-refractivity contribution in [2.24, 2.45) is 0 Å². The first-order valence-corrected chi connectivity index (χ1v) is 10.8. The summed E-state index contributed by atoms with van der Waals surface area (Å²) >= 11 is 7.14. The highest BCUT2D eigenvalue weighted by molar-refractivity contribution is 9.11. The average Bonchev–Trinajstić information content (AvgIpc) is 2.70. The van der Waals surface area contributed by atoms with Crippen molar-refractivity contribution in [2.75, 3.05) is 10.2 Å². The van der Waals surface area contributed by atoms with E-state index in [1.54, 1.807) is 0 Å². The van der Waals surface area contributed by atoms with Gasteiger partial charge in [0.2, 0.25) is 0 Å². The first-order valence-electron chi connectivity index (χ1n) is 9.23. The van der Waals surface area contributed by atoms with Gasteiger partial charge in [-0.1, -0.05) is 52.3 Å². The molecule has 2 atom stereocenters. The van der Waals surface area contributed by atoms with Gasteiger partial charge in [-0.05, 0) is 71.2 Å². The van der Waals surface area contributed by atoms with Gasteiger partial charge in [0.05, 0.1) is 6.04 Å². The van der Waals surface area contributed by atoms with Gasteiger partial charge in [0.15, 0.2) is 0 Å². The number of fused-ring (bicyclic) bond motifs is 1. The third kappa shape index (κ3) is 3.74. The van der Waals surface area contributed by atoms with Crippen LogP contribution >= 0.6 is 31.9 Å². The molecule has 3 nitrogen and oxygen atoms in total. The smallest absolute Gasteiger partial charge is 0.258 e. The van der Waals surface area contributed by atoms with Gasteiger partial charge in [-0.3, -0.25) is 4.79 Å². The molecule has 4 rings (SSSR count). The molecule has 1 N–H and O–H groups in total. The van der Waals surface area contributed by atoms with E-state index < -0.39 is 0 Å². The molecule has 1 aliphatic heterocycles. The van der Waals surface area contributed by atoms with Gasteiger partial charge in [-0.25, -0.2) is 0 Å². The van der Waals surface area contributed by atoms with Crippen LogP contribution in [0.25, 0.3) is 0 Å². The molecule has 0 aromatic heterocycles. The second-order valence-electron chi connectivity index (χ2n) is 7.01. The van der Waals surface area contributed by atoms with Crippen molar-refractivity contribution in [1.29, 1.82) is 0 Å². The molecule has 142 valence electrons. The fourth-order valence-corrected chi connectivity index (χ4v) is 4.93. The Morgan fingerprint density at radius 2 is 1.71 bits per heavy atom. The fraction of sp³-hybridized carbons (Fsp3) is 0.174. The Morgan fingerprint density at radius 1 is 1.00 bits per heavy atom. The highest BCUT2D eigenvalue weighted by Gasteiger charge is 2.34. The number of carbonyl (C=O) groups is 1. The fourth-order valence-electron chi connectivity index (χ4n) is 3.77. The van der Waals surface area contributed by atoms with Crippen molar-refractivity contribution in [1.82, 2.24) is 0 Å². The maximum Gasteiger partial charge on any atom is 0.258 e. The maximum atomic E-state index is 13.2. The zero-order valence-electron chi connectivity index (χ0n) is 15.4. The number of amides is 1. The van der Waals surface area contributed by atoms with E-state index in [-0.39, 0.29) is 18.0 Å². The van der Waals surface area contributed by atoms with Gasteiger partial charge in [-0.15, -0.1) is 0 Å². The van der Waals surface area contributed by atoms with Crippen LogP contribution in [0.1, 0.15) is 35.3 Å². The number of halogens is 2. The predicted molar refractivity (Wildman–Crippen MR) is 122 cm³/mol. The van der Waals surface area contributed by atoms with Crippen LogP contribution in [0.2, 0.25) is 0 Å². The van der Waals surface area contributed by atoms with Crippen LogP contribution in [0.5, 0.6) is 0 Å². The van der Waals surface area contributed by atoms with Crippen LogP contribution in [0.4, 0.5) is 11.4 Å². The van der Waals surface area contributed by atoms with E-state index in [9.17, 15) is 4.79 Å². The minimum Gasteiger partial charge on any atom is -0.377 e.